The van der Waals surface area contributed by atoms with Crippen molar-refractivity contribution in [1.29, 1.82) is 0 Å². The van der Waals surface area contributed by atoms with Gasteiger partial charge in [0.05, 0.1) is 5.41 Å². The van der Waals surface area contributed by atoms with Crippen LogP contribution in [0.5, 0.6) is 0 Å². The van der Waals surface area contributed by atoms with E-state index in [4.69, 9.17) is 0 Å². The lowest BCUT2D eigenvalue weighted by molar-refractivity contribution is -0.181. The van der Waals surface area contributed by atoms with Gasteiger partial charge in [-0.3, -0.25) is 4.79 Å². The van der Waals surface area contributed by atoms with Crippen LogP contribution >= 0.6 is 0 Å². The Morgan fingerprint density at radius 1 is 1.04 bits per heavy atom. The van der Waals surface area contributed by atoms with Gasteiger partial charge < -0.3 is 10.2 Å². The first-order valence-corrected chi connectivity index (χ1v) is 9.70. The van der Waals surface area contributed by atoms with Gasteiger partial charge in [-0.1, -0.05) is 13.3 Å². The first-order valence-electron chi connectivity index (χ1n) is 9.70. The Kier molecular flexibility index (Phi) is 3.44. The van der Waals surface area contributed by atoms with Crippen molar-refractivity contribution in [2.24, 2.45) is 39.9 Å². The summed E-state index contributed by atoms with van der Waals surface area (Å²) in [4.78, 5) is 12.1. The normalized spacial score (nSPS) is 55.1. The SMILES string of the molecule is C[C@@]1(C(=O)O)CCC[C@]2(C)C1CC[C@]13C[C@@H](CO)[C@H](CC[C@H]12)C3. The molecule has 23 heavy (non-hydrogen) atoms. The van der Waals surface area contributed by atoms with Crippen LogP contribution in [0.3, 0.4) is 0 Å². The fourth-order valence-electron chi connectivity index (χ4n) is 8.06. The second-order valence-electron chi connectivity index (χ2n) is 9.78. The average Bonchev–Trinajstić information content (AvgIpc) is 2.77. The zero-order chi connectivity index (χ0) is 16.5. The minimum Gasteiger partial charge on any atom is -0.481 e. The molecule has 4 aliphatic rings. The van der Waals surface area contributed by atoms with Crippen molar-refractivity contribution in [3.05, 3.63) is 0 Å². The second kappa shape index (κ2) is 4.97. The van der Waals surface area contributed by atoms with Crippen LogP contribution < -0.4 is 0 Å². The summed E-state index contributed by atoms with van der Waals surface area (Å²) in [6, 6.07) is 0. The Hall–Kier alpha value is -0.570. The van der Waals surface area contributed by atoms with Gasteiger partial charge in [0.1, 0.15) is 0 Å². The number of carboxylic acid groups (broad SMARTS) is 1. The number of aliphatic hydroxyl groups excluding tert-OH is 1. The molecule has 1 spiro atoms. The summed E-state index contributed by atoms with van der Waals surface area (Å²) in [5.74, 6) is 1.68. The van der Waals surface area contributed by atoms with Crippen LogP contribution in [-0.2, 0) is 4.79 Å². The van der Waals surface area contributed by atoms with Gasteiger partial charge in [-0.25, -0.2) is 0 Å². The fraction of sp³-hybridized carbons (Fsp3) is 0.950. The molecule has 0 saturated heterocycles. The molecule has 4 saturated carbocycles. The van der Waals surface area contributed by atoms with Crippen molar-refractivity contribution in [2.45, 2.75) is 71.6 Å². The average molecular weight is 320 g/mol. The molecule has 7 atom stereocenters. The zero-order valence-corrected chi connectivity index (χ0v) is 14.7. The Morgan fingerprint density at radius 3 is 2.52 bits per heavy atom. The van der Waals surface area contributed by atoms with Crippen molar-refractivity contribution in [1.82, 2.24) is 0 Å². The number of rotatable bonds is 2. The lowest BCUT2D eigenvalue weighted by atomic mass is 9.41. The predicted molar refractivity (Wildman–Crippen MR) is 88.9 cm³/mol. The van der Waals surface area contributed by atoms with E-state index in [1.54, 1.807) is 0 Å². The van der Waals surface area contributed by atoms with Crippen LogP contribution in [0.25, 0.3) is 0 Å². The molecule has 4 fully saturated rings. The first kappa shape index (κ1) is 15.9. The van der Waals surface area contributed by atoms with Crippen LogP contribution in [0.2, 0.25) is 0 Å². The highest BCUT2D eigenvalue weighted by Gasteiger charge is 2.65. The molecule has 0 aromatic heterocycles. The Balaban J connectivity index is 1.71. The maximum absolute atomic E-state index is 12.1. The van der Waals surface area contributed by atoms with Crippen molar-refractivity contribution in [3.8, 4) is 0 Å². The van der Waals surface area contributed by atoms with Gasteiger partial charge in [0.2, 0.25) is 0 Å². The van der Waals surface area contributed by atoms with Crippen LogP contribution in [-0.4, -0.2) is 22.8 Å². The first-order chi connectivity index (χ1) is 10.9. The van der Waals surface area contributed by atoms with Crippen LogP contribution in [0, 0.1) is 39.9 Å². The van der Waals surface area contributed by atoms with E-state index in [0.29, 0.717) is 29.8 Å². The monoisotopic (exact) mass is 320 g/mol. The highest BCUT2D eigenvalue weighted by Crippen LogP contribution is 2.72. The standard InChI is InChI=1S/C20H32O3/c1-18-7-3-8-19(2,17(22)23)15(18)6-9-20-10-13(4-5-16(18)20)14(11-20)12-21/h13-16,21H,3-12H2,1-2H3,(H,22,23)/t13-,14+,15?,16+,18-,19-,20+/m1/s1. The lowest BCUT2D eigenvalue weighted by Gasteiger charge is -2.63. The maximum Gasteiger partial charge on any atom is 0.309 e. The molecule has 0 heterocycles. The van der Waals surface area contributed by atoms with Gasteiger partial charge in [0, 0.05) is 6.61 Å². The largest absolute Gasteiger partial charge is 0.481 e. The molecular weight excluding hydrogens is 288 g/mol. The molecule has 0 aromatic carbocycles. The second-order valence-corrected chi connectivity index (χ2v) is 9.78. The summed E-state index contributed by atoms with van der Waals surface area (Å²) in [6.45, 7) is 4.80. The quantitative estimate of drug-likeness (QED) is 0.805. The smallest absolute Gasteiger partial charge is 0.309 e. The van der Waals surface area contributed by atoms with E-state index >= 15 is 0 Å². The molecule has 0 aliphatic heterocycles. The van der Waals surface area contributed by atoms with Gasteiger partial charge >= 0.3 is 5.97 Å². The van der Waals surface area contributed by atoms with Gasteiger partial charge in [0.15, 0.2) is 0 Å². The molecule has 3 heteroatoms. The molecule has 0 radical (unpaired) electrons. The van der Waals surface area contributed by atoms with E-state index in [0.717, 1.165) is 25.2 Å². The van der Waals surface area contributed by atoms with E-state index in [2.05, 4.69) is 6.92 Å². The number of hydrogen-bond acceptors (Lipinski definition) is 2. The maximum atomic E-state index is 12.1. The zero-order valence-electron chi connectivity index (χ0n) is 14.7. The molecule has 0 aromatic rings. The summed E-state index contributed by atoms with van der Waals surface area (Å²) in [5.41, 5.74) is 0.0811. The Bertz CT molecular complexity index is 517. The van der Waals surface area contributed by atoms with Crippen molar-refractivity contribution in [2.75, 3.05) is 6.61 Å². The molecule has 130 valence electrons. The highest BCUT2D eigenvalue weighted by atomic mass is 16.4. The Labute approximate surface area is 139 Å². The summed E-state index contributed by atoms with van der Waals surface area (Å²) in [6.07, 6.45) is 10.4. The van der Waals surface area contributed by atoms with Crippen molar-refractivity contribution >= 4 is 5.97 Å². The topological polar surface area (TPSA) is 57.5 Å². The van der Waals surface area contributed by atoms with E-state index in [1.807, 2.05) is 6.92 Å². The predicted octanol–water partition coefficient (Wildman–Crippen LogP) is 4.09. The molecule has 4 rings (SSSR count). The molecular formula is C20H32O3. The molecule has 0 amide bonds. The number of aliphatic hydroxyl groups is 1. The number of hydrogen-bond donors (Lipinski definition) is 2. The van der Waals surface area contributed by atoms with Gasteiger partial charge in [-0.05, 0) is 92.8 Å². The number of carbonyl (C=O) groups is 1. The molecule has 1 unspecified atom stereocenters. The summed E-state index contributed by atoms with van der Waals surface area (Å²) >= 11 is 0. The molecule has 3 nitrogen and oxygen atoms in total. The van der Waals surface area contributed by atoms with Crippen molar-refractivity contribution < 1.29 is 15.0 Å². The Morgan fingerprint density at radius 2 is 1.83 bits per heavy atom. The van der Waals surface area contributed by atoms with E-state index in [1.165, 1.54) is 38.5 Å². The van der Waals surface area contributed by atoms with E-state index in [9.17, 15) is 15.0 Å². The van der Waals surface area contributed by atoms with Crippen LogP contribution in [0.1, 0.15) is 71.6 Å². The van der Waals surface area contributed by atoms with Crippen LogP contribution in [0.4, 0.5) is 0 Å². The third-order valence-corrected chi connectivity index (χ3v) is 9.00. The summed E-state index contributed by atoms with van der Waals surface area (Å²) in [5, 5.41) is 19.7. The van der Waals surface area contributed by atoms with E-state index < -0.39 is 11.4 Å². The number of fused-ring (bicyclic) bond motifs is 3. The summed E-state index contributed by atoms with van der Waals surface area (Å²) < 4.78 is 0. The minimum atomic E-state index is -0.572. The van der Waals surface area contributed by atoms with E-state index in [-0.39, 0.29) is 5.41 Å². The minimum absolute atomic E-state index is 0.193. The third kappa shape index (κ3) is 1.95. The molecule has 2 bridgehead atoms. The fourth-order valence-corrected chi connectivity index (χ4v) is 8.06. The van der Waals surface area contributed by atoms with Crippen LogP contribution in [0.15, 0.2) is 0 Å². The molecule has 2 N–H and O–H groups in total. The molecule has 4 aliphatic carbocycles. The number of aliphatic carboxylic acids is 1. The summed E-state index contributed by atoms with van der Waals surface area (Å²) in [7, 11) is 0. The number of carboxylic acids is 1. The van der Waals surface area contributed by atoms with Gasteiger partial charge in [-0.15, -0.1) is 0 Å². The van der Waals surface area contributed by atoms with Gasteiger partial charge in [-0.2, -0.15) is 0 Å². The highest BCUT2D eigenvalue weighted by molar-refractivity contribution is 5.75. The lowest BCUT2D eigenvalue weighted by Crippen LogP contribution is -2.58. The third-order valence-electron chi connectivity index (χ3n) is 9.00. The van der Waals surface area contributed by atoms with Gasteiger partial charge in [0.25, 0.3) is 0 Å². The van der Waals surface area contributed by atoms with Crippen molar-refractivity contribution in [3.63, 3.8) is 0 Å².